The van der Waals surface area contributed by atoms with Gasteiger partial charge in [0.2, 0.25) is 0 Å². The van der Waals surface area contributed by atoms with Crippen molar-refractivity contribution < 1.29 is 0 Å². The molecule has 0 rings (SSSR count). The Morgan fingerprint density at radius 2 is 2.46 bits per heavy atom. The number of thioether (sulfide) groups is 1. The Morgan fingerprint density at radius 1 is 1.77 bits per heavy atom. The van der Waals surface area contributed by atoms with Crippen LogP contribution in [0.1, 0.15) is 19.8 Å². The van der Waals surface area contributed by atoms with Gasteiger partial charge in [-0.2, -0.15) is 5.26 Å². The Morgan fingerprint density at radius 3 is 2.85 bits per heavy atom. The van der Waals surface area contributed by atoms with Gasteiger partial charge >= 0.3 is 0 Å². The summed E-state index contributed by atoms with van der Waals surface area (Å²) >= 11 is 1.38. The van der Waals surface area contributed by atoms with E-state index in [9.17, 15) is 0 Å². The van der Waals surface area contributed by atoms with E-state index in [0.717, 1.165) is 12.8 Å². The third-order valence-corrected chi connectivity index (χ3v) is 1.98. The number of terminal acetylenes is 1. The van der Waals surface area contributed by atoms with Crippen molar-refractivity contribution in [3.63, 3.8) is 0 Å². The lowest BCUT2D eigenvalue weighted by Crippen LogP contribution is -2.16. The molecule has 0 fully saturated rings. The van der Waals surface area contributed by atoms with E-state index < -0.39 is 0 Å². The van der Waals surface area contributed by atoms with Crippen LogP contribution >= 0.6 is 11.8 Å². The molecule has 0 aromatic carbocycles. The number of hydrogen-bond donors (Lipinski definition) is 1. The van der Waals surface area contributed by atoms with E-state index in [1.807, 2.05) is 12.4 Å². The predicted molar refractivity (Wildman–Crippen MR) is 57.2 cm³/mol. The number of aliphatic imine (C=N–C) groups is 1. The Balaban J connectivity index is 4.29. The Hall–Kier alpha value is -1.13. The molecular formula is C9H13N3S. The van der Waals surface area contributed by atoms with Gasteiger partial charge in [0.15, 0.2) is 11.4 Å². The number of hydrogen-bond acceptors (Lipinski definition) is 3. The Kier molecular flexibility index (Phi) is 6.86. The highest BCUT2D eigenvalue weighted by atomic mass is 32.2. The Labute approximate surface area is 83.6 Å². The normalized spacial score (nSPS) is 12.8. The smallest absolute Gasteiger partial charge is 0.183 e. The second kappa shape index (κ2) is 7.52. The second-order valence-corrected chi connectivity index (χ2v) is 3.14. The van der Waals surface area contributed by atoms with Gasteiger partial charge in [0.25, 0.3) is 0 Å². The highest BCUT2D eigenvalue weighted by Gasteiger charge is 2.02. The van der Waals surface area contributed by atoms with Crippen LogP contribution < -0.4 is 5.32 Å². The number of nitriles is 1. The lowest BCUT2D eigenvalue weighted by Gasteiger charge is -2.05. The van der Waals surface area contributed by atoms with Crippen LogP contribution in [-0.2, 0) is 0 Å². The van der Waals surface area contributed by atoms with Crippen LogP contribution in [0.4, 0.5) is 0 Å². The van der Waals surface area contributed by atoms with Crippen molar-refractivity contribution >= 4 is 16.9 Å². The molecule has 0 saturated heterocycles. The van der Waals surface area contributed by atoms with Gasteiger partial charge in [0.1, 0.15) is 6.04 Å². The molecule has 4 heteroatoms. The van der Waals surface area contributed by atoms with Crippen LogP contribution in [0.2, 0.25) is 0 Å². The lowest BCUT2D eigenvalue weighted by molar-refractivity contribution is 0.722. The molecule has 0 aromatic heterocycles. The predicted octanol–water partition coefficient (Wildman–Crippen LogP) is 1.58. The van der Waals surface area contributed by atoms with Crippen LogP contribution in [0, 0.1) is 23.8 Å². The quantitative estimate of drug-likeness (QED) is 0.244. The summed E-state index contributed by atoms with van der Waals surface area (Å²) in [6.07, 6.45) is 10.8. The maximum absolute atomic E-state index is 8.38. The molecule has 0 bridgehead atoms. The van der Waals surface area contributed by atoms with Crippen LogP contribution in [0.15, 0.2) is 4.99 Å². The zero-order valence-corrected chi connectivity index (χ0v) is 8.69. The maximum atomic E-state index is 8.38. The van der Waals surface area contributed by atoms with Gasteiger partial charge in [-0.05, 0) is 12.7 Å². The van der Waals surface area contributed by atoms with E-state index in [4.69, 9.17) is 11.7 Å². The molecule has 0 saturated carbocycles. The summed E-state index contributed by atoms with van der Waals surface area (Å²) in [6.45, 7) is 2.05. The van der Waals surface area contributed by atoms with Gasteiger partial charge in [0.05, 0.1) is 0 Å². The van der Waals surface area contributed by atoms with Gasteiger partial charge in [-0.3, -0.25) is 5.32 Å². The highest BCUT2D eigenvalue weighted by molar-refractivity contribution is 8.13. The zero-order chi connectivity index (χ0) is 10.1. The van der Waals surface area contributed by atoms with E-state index in [-0.39, 0.29) is 6.04 Å². The van der Waals surface area contributed by atoms with Gasteiger partial charge in [-0.1, -0.05) is 31.0 Å². The van der Waals surface area contributed by atoms with Crippen LogP contribution in [0.3, 0.4) is 0 Å². The van der Waals surface area contributed by atoms with Crippen molar-refractivity contribution in [1.29, 1.82) is 5.26 Å². The first-order chi connectivity index (χ1) is 6.28. The Bertz CT molecular complexity index is 247. The first kappa shape index (κ1) is 11.9. The summed E-state index contributed by atoms with van der Waals surface area (Å²) in [5.74, 6) is 2.58. The van der Waals surface area contributed by atoms with Crippen molar-refractivity contribution in [2.24, 2.45) is 4.99 Å². The summed E-state index contributed by atoms with van der Waals surface area (Å²) in [4.78, 5) is 4.20. The molecule has 0 spiro atoms. The molecule has 0 amide bonds. The number of rotatable bonds is 3. The van der Waals surface area contributed by atoms with E-state index in [1.54, 1.807) is 0 Å². The van der Waals surface area contributed by atoms with Crippen LogP contribution in [-0.4, -0.2) is 17.5 Å². The molecule has 70 valence electrons. The largest absolute Gasteiger partial charge is 0.272 e. The molecule has 0 aromatic rings. The standard InChI is InChI=1S/C9H13N3S/c1-4-6-8(5-2)12-9(13-3)11-7-10/h2,8H,4,6H2,1,3H3,(H,11,12). The van der Waals surface area contributed by atoms with E-state index in [0.29, 0.717) is 5.17 Å². The molecule has 1 atom stereocenters. The van der Waals surface area contributed by atoms with Crippen molar-refractivity contribution in [1.82, 2.24) is 5.32 Å². The first-order valence-electron chi connectivity index (χ1n) is 4.01. The number of nitrogens with one attached hydrogen (secondary N) is 1. The fraction of sp³-hybridized carbons (Fsp3) is 0.556. The minimum atomic E-state index is -0.117. The second-order valence-electron chi connectivity index (χ2n) is 2.35. The molecule has 0 aliphatic carbocycles. The molecule has 0 aliphatic heterocycles. The minimum absolute atomic E-state index is 0.117. The van der Waals surface area contributed by atoms with Gasteiger partial charge in [-0.25, -0.2) is 4.99 Å². The minimum Gasteiger partial charge on any atom is -0.272 e. The third-order valence-electron chi connectivity index (χ3n) is 1.38. The first-order valence-corrected chi connectivity index (χ1v) is 5.24. The monoisotopic (exact) mass is 195 g/mol. The topological polar surface area (TPSA) is 48.2 Å². The van der Waals surface area contributed by atoms with Gasteiger partial charge in [-0.15, -0.1) is 6.42 Å². The summed E-state index contributed by atoms with van der Waals surface area (Å²) < 4.78 is 0. The molecule has 1 N–H and O–H groups in total. The highest BCUT2D eigenvalue weighted by Crippen LogP contribution is 2.04. The van der Waals surface area contributed by atoms with Crippen molar-refractivity contribution in [3.05, 3.63) is 0 Å². The molecule has 1 unspecified atom stereocenters. The van der Waals surface area contributed by atoms with Gasteiger partial charge < -0.3 is 0 Å². The summed E-state index contributed by atoms with van der Waals surface area (Å²) in [5.41, 5.74) is 0. The van der Waals surface area contributed by atoms with E-state index in [2.05, 4.69) is 23.2 Å². The number of amidine groups is 1. The summed E-state index contributed by atoms with van der Waals surface area (Å²) in [5, 5.41) is 11.4. The van der Waals surface area contributed by atoms with Crippen LogP contribution in [0.25, 0.3) is 0 Å². The average Bonchev–Trinajstić information content (AvgIpc) is 2.16. The molecule has 13 heavy (non-hydrogen) atoms. The fourth-order valence-corrected chi connectivity index (χ4v) is 1.16. The average molecular weight is 195 g/mol. The van der Waals surface area contributed by atoms with E-state index in [1.165, 1.54) is 11.8 Å². The van der Waals surface area contributed by atoms with E-state index >= 15 is 0 Å². The van der Waals surface area contributed by atoms with Gasteiger partial charge in [0, 0.05) is 0 Å². The van der Waals surface area contributed by atoms with Crippen molar-refractivity contribution in [2.45, 2.75) is 25.8 Å². The van der Waals surface area contributed by atoms with Crippen molar-refractivity contribution in [2.75, 3.05) is 6.26 Å². The zero-order valence-electron chi connectivity index (χ0n) is 7.87. The molecular weight excluding hydrogens is 182 g/mol. The van der Waals surface area contributed by atoms with Crippen LogP contribution in [0.5, 0.6) is 0 Å². The lowest BCUT2D eigenvalue weighted by atomic mass is 10.2. The van der Waals surface area contributed by atoms with Crippen molar-refractivity contribution in [3.8, 4) is 18.5 Å². The fourth-order valence-electron chi connectivity index (χ4n) is 0.784. The SMILES string of the molecule is C#CC(CCC)N=C(NC#N)SC. The summed E-state index contributed by atoms with van der Waals surface area (Å²) in [6, 6.07) is -0.117. The summed E-state index contributed by atoms with van der Waals surface area (Å²) in [7, 11) is 0. The number of nitrogens with zero attached hydrogens (tertiary/aromatic N) is 2. The maximum Gasteiger partial charge on any atom is 0.183 e. The third kappa shape index (κ3) is 5.16. The molecule has 0 heterocycles. The molecule has 0 aliphatic rings. The molecule has 0 radical (unpaired) electrons. The molecule has 3 nitrogen and oxygen atoms in total.